The Bertz CT molecular complexity index is 177. The van der Waals surface area contributed by atoms with Gasteiger partial charge in [-0.15, -0.1) is 0 Å². The fourth-order valence-corrected chi connectivity index (χ4v) is 0.435. The van der Waals surface area contributed by atoms with Gasteiger partial charge in [0.2, 0.25) is 5.91 Å². The second-order valence-corrected chi connectivity index (χ2v) is 3.31. The summed E-state index contributed by atoms with van der Waals surface area (Å²) < 4.78 is 0. The molecule has 0 atom stereocenters. The highest BCUT2D eigenvalue weighted by molar-refractivity contribution is 5.81. The minimum absolute atomic E-state index is 0.00181. The maximum absolute atomic E-state index is 11.0. The van der Waals surface area contributed by atoms with Crippen LogP contribution in [0.4, 0.5) is 0 Å². The number of aliphatic hydroxyl groups is 1. The Labute approximate surface area is 77.1 Å². The Balaban J connectivity index is 0. The topological polar surface area (TPSA) is 83.5 Å². The van der Waals surface area contributed by atoms with Gasteiger partial charge in [-0.1, -0.05) is 20.8 Å². The molecule has 76 valence electrons. The van der Waals surface area contributed by atoms with Crippen molar-refractivity contribution < 1.29 is 19.5 Å². The predicted octanol–water partition coefficient (Wildman–Crippen LogP) is -0.443. The average Bonchev–Trinajstić information content (AvgIpc) is 1.99. The number of aliphatic hydroxyl groups excluding tert-OH is 1. The molecule has 0 aliphatic rings. The van der Waals surface area contributed by atoms with Crippen LogP contribution in [0.15, 0.2) is 0 Å². The minimum atomic E-state index is -0.352. The fourth-order valence-electron chi connectivity index (χ4n) is 0.435. The van der Waals surface area contributed by atoms with Crippen molar-refractivity contribution in [2.75, 3.05) is 13.2 Å². The van der Waals surface area contributed by atoms with Gasteiger partial charge in [-0.2, -0.15) is 9.59 Å². The first-order chi connectivity index (χ1) is 5.90. The number of hydrogen-bond donors (Lipinski definition) is 2. The Morgan fingerprint density at radius 3 is 2.00 bits per heavy atom. The fraction of sp³-hybridized carbons (Fsp3) is 0.750. The van der Waals surface area contributed by atoms with Crippen LogP contribution in [-0.2, 0) is 14.4 Å². The highest BCUT2D eigenvalue weighted by Gasteiger charge is 2.19. The van der Waals surface area contributed by atoms with Crippen molar-refractivity contribution in [3.8, 4) is 0 Å². The van der Waals surface area contributed by atoms with Crippen molar-refractivity contribution in [2.24, 2.45) is 5.41 Å². The van der Waals surface area contributed by atoms with Gasteiger partial charge in [-0.25, -0.2) is 0 Å². The number of carbonyl (C=O) groups excluding carboxylic acids is 3. The largest absolute Gasteiger partial charge is 0.395 e. The lowest BCUT2D eigenvalue weighted by Crippen LogP contribution is -2.36. The summed E-state index contributed by atoms with van der Waals surface area (Å²) in [6, 6.07) is 0. The molecule has 5 nitrogen and oxygen atoms in total. The lowest BCUT2D eigenvalue weighted by molar-refractivity contribution is -0.191. The van der Waals surface area contributed by atoms with Gasteiger partial charge < -0.3 is 10.4 Å². The van der Waals surface area contributed by atoms with Gasteiger partial charge in [0.05, 0.1) is 6.61 Å². The van der Waals surface area contributed by atoms with Crippen LogP contribution in [0.1, 0.15) is 20.8 Å². The molecule has 0 fully saturated rings. The molecule has 0 spiro atoms. The first-order valence-electron chi connectivity index (χ1n) is 3.78. The lowest BCUT2D eigenvalue weighted by atomic mass is 9.96. The zero-order valence-electron chi connectivity index (χ0n) is 8.09. The maximum atomic E-state index is 11.0. The van der Waals surface area contributed by atoms with Gasteiger partial charge >= 0.3 is 6.15 Å². The van der Waals surface area contributed by atoms with Crippen LogP contribution in [0.5, 0.6) is 0 Å². The molecule has 0 aromatic rings. The summed E-state index contributed by atoms with van der Waals surface area (Å²) in [5, 5.41) is 10.9. The van der Waals surface area contributed by atoms with Crippen molar-refractivity contribution in [3.63, 3.8) is 0 Å². The van der Waals surface area contributed by atoms with E-state index in [1.54, 1.807) is 0 Å². The molecule has 0 rings (SSSR count). The molecule has 0 aromatic carbocycles. The molecular formula is C8H15NO4. The quantitative estimate of drug-likeness (QED) is 0.616. The number of amides is 1. The van der Waals surface area contributed by atoms with Crippen molar-refractivity contribution in [1.29, 1.82) is 0 Å². The average molecular weight is 189 g/mol. The summed E-state index contributed by atoms with van der Waals surface area (Å²) >= 11 is 0. The van der Waals surface area contributed by atoms with Crippen LogP contribution >= 0.6 is 0 Å². The van der Waals surface area contributed by atoms with Crippen molar-refractivity contribution in [1.82, 2.24) is 5.32 Å². The summed E-state index contributed by atoms with van der Waals surface area (Å²) in [4.78, 5) is 27.3. The van der Waals surface area contributed by atoms with E-state index >= 15 is 0 Å². The summed E-state index contributed by atoms with van der Waals surface area (Å²) in [6.07, 6.45) is 0.250. The number of rotatable bonds is 2. The number of nitrogens with one attached hydrogen (secondary N) is 1. The molecule has 0 saturated carbocycles. The van der Waals surface area contributed by atoms with Gasteiger partial charge in [0.25, 0.3) is 0 Å². The van der Waals surface area contributed by atoms with E-state index in [9.17, 15) is 4.79 Å². The molecule has 0 heterocycles. The normalized spacial score (nSPS) is 9.23. The standard InChI is InChI=1S/C7H15NO2.CO2/c1-7(2,3)6(10)8-4-5-9;2-1-3/h9H,4-5H2,1-3H3,(H,8,10);. The van der Waals surface area contributed by atoms with E-state index in [1.165, 1.54) is 0 Å². The first kappa shape index (κ1) is 14.3. The summed E-state index contributed by atoms with van der Waals surface area (Å²) in [6.45, 7) is 5.84. The lowest BCUT2D eigenvalue weighted by Gasteiger charge is -2.16. The van der Waals surface area contributed by atoms with E-state index in [-0.39, 0.29) is 24.1 Å². The van der Waals surface area contributed by atoms with Gasteiger partial charge in [0, 0.05) is 12.0 Å². The highest BCUT2D eigenvalue weighted by Crippen LogP contribution is 2.11. The predicted molar refractivity (Wildman–Crippen MR) is 44.6 cm³/mol. The van der Waals surface area contributed by atoms with Crippen LogP contribution in [-0.4, -0.2) is 30.3 Å². The monoisotopic (exact) mass is 189 g/mol. The van der Waals surface area contributed by atoms with E-state index in [4.69, 9.17) is 14.7 Å². The molecule has 13 heavy (non-hydrogen) atoms. The van der Waals surface area contributed by atoms with E-state index in [0.29, 0.717) is 6.54 Å². The van der Waals surface area contributed by atoms with Gasteiger partial charge in [0.1, 0.15) is 0 Å². The molecule has 0 radical (unpaired) electrons. The molecule has 0 aliphatic heterocycles. The summed E-state index contributed by atoms with van der Waals surface area (Å²) in [7, 11) is 0. The third kappa shape index (κ3) is 10.8. The van der Waals surface area contributed by atoms with Crippen LogP contribution in [0.2, 0.25) is 0 Å². The molecule has 0 aromatic heterocycles. The third-order valence-electron chi connectivity index (χ3n) is 1.08. The smallest absolute Gasteiger partial charge is 0.373 e. The summed E-state index contributed by atoms with van der Waals surface area (Å²) in [5.41, 5.74) is -0.352. The molecule has 0 saturated heterocycles. The van der Waals surface area contributed by atoms with Crippen LogP contribution in [0, 0.1) is 5.41 Å². The SMILES string of the molecule is CC(C)(C)C(=O)NCCO.O=C=O. The first-order valence-corrected chi connectivity index (χ1v) is 3.78. The van der Waals surface area contributed by atoms with Gasteiger partial charge in [-0.3, -0.25) is 4.79 Å². The van der Waals surface area contributed by atoms with E-state index in [2.05, 4.69) is 5.32 Å². The van der Waals surface area contributed by atoms with Crippen molar-refractivity contribution in [3.05, 3.63) is 0 Å². The number of hydrogen-bond acceptors (Lipinski definition) is 4. The van der Waals surface area contributed by atoms with Crippen LogP contribution < -0.4 is 5.32 Å². The second-order valence-electron chi connectivity index (χ2n) is 3.31. The number of carbonyl (C=O) groups is 1. The Hall–Kier alpha value is -1.19. The Morgan fingerprint density at radius 2 is 1.77 bits per heavy atom. The second kappa shape index (κ2) is 7.46. The van der Waals surface area contributed by atoms with E-state index < -0.39 is 0 Å². The zero-order valence-corrected chi connectivity index (χ0v) is 8.09. The third-order valence-corrected chi connectivity index (χ3v) is 1.08. The molecule has 0 unspecified atom stereocenters. The van der Waals surface area contributed by atoms with Crippen LogP contribution in [0.25, 0.3) is 0 Å². The van der Waals surface area contributed by atoms with Crippen molar-refractivity contribution in [2.45, 2.75) is 20.8 Å². The van der Waals surface area contributed by atoms with E-state index in [1.807, 2.05) is 20.8 Å². The Kier molecular flexibility index (Phi) is 8.23. The maximum Gasteiger partial charge on any atom is 0.373 e. The van der Waals surface area contributed by atoms with Gasteiger partial charge in [-0.05, 0) is 0 Å². The molecule has 5 heteroatoms. The van der Waals surface area contributed by atoms with E-state index in [0.717, 1.165) is 0 Å². The van der Waals surface area contributed by atoms with Crippen LogP contribution in [0.3, 0.4) is 0 Å². The summed E-state index contributed by atoms with van der Waals surface area (Å²) in [5.74, 6) is -0.0263. The molecule has 0 aliphatic carbocycles. The molecule has 0 bridgehead atoms. The Morgan fingerprint density at radius 1 is 1.38 bits per heavy atom. The highest BCUT2D eigenvalue weighted by atomic mass is 16.3. The molecular weight excluding hydrogens is 174 g/mol. The van der Waals surface area contributed by atoms with Gasteiger partial charge in [0.15, 0.2) is 0 Å². The molecule has 2 N–H and O–H groups in total. The molecule has 1 amide bonds. The zero-order chi connectivity index (χ0) is 10.9. The van der Waals surface area contributed by atoms with Crippen molar-refractivity contribution >= 4 is 12.1 Å². The minimum Gasteiger partial charge on any atom is -0.395 e.